The van der Waals surface area contributed by atoms with E-state index in [4.69, 9.17) is 0 Å². The fourth-order valence-electron chi connectivity index (χ4n) is 2.80. The van der Waals surface area contributed by atoms with E-state index in [0.29, 0.717) is 12.1 Å². The number of amides is 2. The lowest BCUT2D eigenvalue weighted by molar-refractivity contribution is 0.223. The monoisotopic (exact) mass is 225 g/mol. The van der Waals surface area contributed by atoms with Crippen LogP contribution in [-0.4, -0.2) is 41.6 Å². The normalized spacial score (nSPS) is 30.2. The Morgan fingerprint density at radius 1 is 1.25 bits per heavy atom. The number of nitrogens with one attached hydrogen (secondary N) is 2. The predicted octanol–water partition coefficient (Wildman–Crippen LogP) is 1.32. The second-order valence-corrected chi connectivity index (χ2v) is 5.99. The number of nitrogens with zero attached hydrogens (tertiary/aromatic N) is 1. The minimum atomic E-state index is -0.155. The molecule has 16 heavy (non-hydrogen) atoms. The first-order valence-corrected chi connectivity index (χ1v) is 6.28. The van der Waals surface area contributed by atoms with Gasteiger partial charge < -0.3 is 10.6 Å². The lowest BCUT2D eigenvalue weighted by Crippen LogP contribution is -2.51. The van der Waals surface area contributed by atoms with Gasteiger partial charge in [-0.15, -0.1) is 0 Å². The molecule has 0 spiro atoms. The molecule has 2 aliphatic heterocycles. The lowest BCUT2D eigenvalue weighted by atomic mass is 10.1. The zero-order valence-electron chi connectivity index (χ0n) is 10.5. The van der Waals surface area contributed by atoms with Gasteiger partial charge in [0, 0.05) is 24.2 Å². The largest absolute Gasteiger partial charge is 0.334 e. The van der Waals surface area contributed by atoms with E-state index in [1.807, 2.05) is 20.8 Å². The molecule has 92 valence electrons. The van der Waals surface area contributed by atoms with Crippen molar-refractivity contribution < 1.29 is 4.79 Å². The van der Waals surface area contributed by atoms with Crippen molar-refractivity contribution in [2.75, 3.05) is 13.1 Å². The second kappa shape index (κ2) is 4.24. The number of hydrogen-bond acceptors (Lipinski definition) is 2. The Morgan fingerprint density at radius 2 is 2.00 bits per heavy atom. The van der Waals surface area contributed by atoms with Crippen molar-refractivity contribution >= 4 is 6.03 Å². The van der Waals surface area contributed by atoms with Gasteiger partial charge in [-0.3, -0.25) is 4.90 Å². The van der Waals surface area contributed by atoms with E-state index >= 15 is 0 Å². The summed E-state index contributed by atoms with van der Waals surface area (Å²) in [6.07, 6.45) is 3.62. The molecule has 2 amide bonds. The molecule has 0 aromatic carbocycles. The minimum Gasteiger partial charge on any atom is -0.334 e. The van der Waals surface area contributed by atoms with Crippen molar-refractivity contribution in [3.8, 4) is 0 Å². The molecule has 2 atom stereocenters. The van der Waals surface area contributed by atoms with Crippen molar-refractivity contribution in [2.45, 2.75) is 57.7 Å². The van der Waals surface area contributed by atoms with Crippen LogP contribution in [0.25, 0.3) is 0 Å². The maximum absolute atomic E-state index is 11.8. The number of hydrogen-bond donors (Lipinski definition) is 2. The molecule has 2 saturated heterocycles. The Bertz CT molecular complexity index is 272. The first kappa shape index (κ1) is 11.7. The average Bonchev–Trinajstić information content (AvgIpc) is 2.66. The van der Waals surface area contributed by atoms with Crippen LogP contribution in [0.3, 0.4) is 0 Å². The van der Waals surface area contributed by atoms with Gasteiger partial charge in [-0.2, -0.15) is 0 Å². The van der Waals surface area contributed by atoms with E-state index in [-0.39, 0.29) is 11.6 Å². The summed E-state index contributed by atoms with van der Waals surface area (Å²) in [5.74, 6) is 0. The molecule has 0 aromatic rings. The van der Waals surface area contributed by atoms with Crippen LogP contribution in [-0.2, 0) is 0 Å². The second-order valence-electron chi connectivity index (χ2n) is 5.99. The van der Waals surface area contributed by atoms with E-state index in [1.165, 1.54) is 19.4 Å². The molecular formula is C12H23N3O. The number of carbonyl (C=O) groups excluding carboxylic acids is 1. The third kappa shape index (κ3) is 2.67. The number of urea groups is 1. The van der Waals surface area contributed by atoms with Crippen LogP contribution < -0.4 is 10.6 Å². The van der Waals surface area contributed by atoms with E-state index in [2.05, 4.69) is 15.5 Å². The Kier molecular flexibility index (Phi) is 3.10. The summed E-state index contributed by atoms with van der Waals surface area (Å²) in [5.41, 5.74) is -0.155. The molecule has 2 fully saturated rings. The van der Waals surface area contributed by atoms with Gasteiger partial charge in [0.15, 0.2) is 0 Å². The van der Waals surface area contributed by atoms with Crippen molar-refractivity contribution in [1.82, 2.24) is 15.5 Å². The third-order valence-corrected chi connectivity index (χ3v) is 3.41. The highest BCUT2D eigenvalue weighted by Crippen LogP contribution is 2.27. The van der Waals surface area contributed by atoms with E-state index in [9.17, 15) is 4.79 Å². The summed E-state index contributed by atoms with van der Waals surface area (Å²) < 4.78 is 0. The Morgan fingerprint density at radius 3 is 2.69 bits per heavy atom. The Balaban J connectivity index is 1.83. The zero-order chi connectivity index (χ0) is 11.8. The molecule has 0 bridgehead atoms. The van der Waals surface area contributed by atoms with Crippen molar-refractivity contribution in [1.29, 1.82) is 0 Å². The van der Waals surface area contributed by atoms with Crippen LogP contribution in [0.2, 0.25) is 0 Å². The quantitative estimate of drug-likeness (QED) is 0.707. The van der Waals surface area contributed by atoms with Gasteiger partial charge in [0.2, 0.25) is 0 Å². The predicted molar refractivity (Wildman–Crippen MR) is 64.4 cm³/mol. The van der Waals surface area contributed by atoms with Crippen LogP contribution in [0.4, 0.5) is 4.79 Å². The summed E-state index contributed by atoms with van der Waals surface area (Å²) in [7, 11) is 0. The van der Waals surface area contributed by atoms with Gasteiger partial charge in [-0.25, -0.2) is 4.79 Å². The van der Waals surface area contributed by atoms with Crippen LogP contribution in [0.1, 0.15) is 40.0 Å². The van der Waals surface area contributed by atoms with Gasteiger partial charge in [0.05, 0.1) is 0 Å². The molecule has 0 saturated carbocycles. The van der Waals surface area contributed by atoms with Crippen molar-refractivity contribution in [3.63, 3.8) is 0 Å². The lowest BCUT2D eigenvalue weighted by Gasteiger charge is -2.25. The van der Waals surface area contributed by atoms with Gasteiger partial charge in [0.1, 0.15) is 0 Å². The maximum Gasteiger partial charge on any atom is 0.315 e. The highest BCUT2D eigenvalue weighted by Gasteiger charge is 2.37. The molecule has 0 aliphatic carbocycles. The molecule has 2 N–H and O–H groups in total. The molecule has 2 aliphatic rings. The van der Waals surface area contributed by atoms with Gasteiger partial charge in [-0.1, -0.05) is 0 Å². The van der Waals surface area contributed by atoms with Crippen LogP contribution >= 0.6 is 0 Å². The summed E-state index contributed by atoms with van der Waals surface area (Å²) in [6, 6.07) is 0.918. The Hall–Kier alpha value is -0.770. The third-order valence-electron chi connectivity index (χ3n) is 3.41. The molecule has 2 heterocycles. The molecule has 4 nitrogen and oxygen atoms in total. The molecular weight excluding hydrogens is 202 g/mol. The van der Waals surface area contributed by atoms with Gasteiger partial charge in [0.25, 0.3) is 0 Å². The molecule has 0 aromatic heterocycles. The number of carbonyl (C=O) groups is 1. The SMILES string of the molecule is CC(C)(C)NC(=O)NC1CCN2CCCC12. The summed E-state index contributed by atoms with van der Waals surface area (Å²) >= 11 is 0. The van der Waals surface area contributed by atoms with Gasteiger partial charge >= 0.3 is 6.03 Å². The number of fused-ring (bicyclic) bond motifs is 1. The molecule has 0 radical (unpaired) electrons. The van der Waals surface area contributed by atoms with Gasteiger partial charge in [-0.05, 0) is 46.6 Å². The number of rotatable bonds is 1. The molecule has 2 rings (SSSR count). The summed E-state index contributed by atoms with van der Waals surface area (Å²) in [4.78, 5) is 14.3. The van der Waals surface area contributed by atoms with E-state index < -0.39 is 0 Å². The van der Waals surface area contributed by atoms with Crippen molar-refractivity contribution in [3.05, 3.63) is 0 Å². The van der Waals surface area contributed by atoms with E-state index in [0.717, 1.165) is 13.0 Å². The smallest absolute Gasteiger partial charge is 0.315 e. The van der Waals surface area contributed by atoms with E-state index in [1.54, 1.807) is 0 Å². The summed E-state index contributed by atoms with van der Waals surface area (Å²) in [6.45, 7) is 8.37. The topological polar surface area (TPSA) is 44.4 Å². The first-order valence-electron chi connectivity index (χ1n) is 6.28. The van der Waals surface area contributed by atoms with Crippen molar-refractivity contribution in [2.24, 2.45) is 0 Å². The Labute approximate surface area is 97.8 Å². The molecule has 4 heteroatoms. The average molecular weight is 225 g/mol. The molecule has 2 unspecified atom stereocenters. The minimum absolute atomic E-state index is 0.0220. The summed E-state index contributed by atoms with van der Waals surface area (Å²) in [5, 5.41) is 6.07. The highest BCUT2D eigenvalue weighted by atomic mass is 16.2. The first-order chi connectivity index (χ1) is 7.46. The van der Waals surface area contributed by atoms with Crippen LogP contribution in [0.15, 0.2) is 0 Å². The maximum atomic E-state index is 11.8. The highest BCUT2D eigenvalue weighted by molar-refractivity contribution is 5.75. The van der Waals surface area contributed by atoms with Crippen LogP contribution in [0, 0.1) is 0 Å². The standard InChI is InChI=1S/C12H23N3O/c1-12(2,3)14-11(16)13-9-6-8-15-7-4-5-10(9)15/h9-10H,4-8H2,1-3H3,(H2,13,14,16). The fourth-order valence-corrected chi connectivity index (χ4v) is 2.80. The van der Waals surface area contributed by atoms with Crippen LogP contribution in [0.5, 0.6) is 0 Å². The fraction of sp³-hybridized carbons (Fsp3) is 0.917. The zero-order valence-corrected chi connectivity index (χ0v) is 10.5.